The maximum absolute atomic E-state index is 11.8. The molecule has 24 heavy (non-hydrogen) atoms. The number of hydrogen-bond acceptors (Lipinski definition) is 7. The molecular formula is C16H22N4O3S. The average molecular weight is 350 g/mol. The van der Waals surface area contributed by atoms with E-state index >= 15 is 0 Å². The van der Waals surface area contributed by atoms with Crippen molar-refractivity contribution in [1.82, 2.24) is 15.0 Å². The third-order valence-corrected chi connectivity index (χ3v) is 4.31. The molecule has 0 saturated heterocycles. The minimum atomic E-state index is -0.396. The zero-order valence-electron chi connectivity index (χ0n) is 14.3. The lowest BCUT2D eigenvalue weighted by molar-refractivity contribution is 0.0531. The number of aromatic nitrogens is 3. The Kier molecular flexibility index (Phi) is 6.08. The molecule has 2 heterocycles. The van der Waals surface area contributed by atoms with Crippen LogP contribution in [0.25, 0.3) is 0 Å². The van der Waals surface area contributed by atoms with Gasteiger partial charge >= 0.3 is 5.97 Å². The van der Waals surface area contributed by atoms with Crippen LogP contribution in [0.3, 0.4) is 0 Å². The highest BCUT2D eigenvalue weighted by Gasteiger charge is 2.17. The van der Waals surface area contributed by atoms with Crippen molar-refractivity contribution < 1.29 is 9.53 Å². The normalized spacial score (nSPS) is 10.9. The minimum absolute atomic E-state index is 0.217. The second-order valence-electron chi connectivity index (χ2n) is 5.80. The van der Waals surface area contributed by atoms with Crippen LogP contribution in [0, 0.1) is 12.8 Å². The molecule has 0 unspecified atom stereocenters. The van der Waals surface area contributed by atoms with Gasteiger partial charge in [-0.2, -0.15) is 0 Å². The van der Waals surface area contributed by atoms with Crippen molar-refractivity contribution in [2.45, 2.75) is 40.5 Å². The molecule has 0 radical (unpaired) electrons. The van der Waals surface area contributed by atoms with Crippen molar-refractivity contribution in [3.8, 4) is 0 Å². The number of H-pyrrole nitrogens is 1. The first-order valence-corrected chi connectivity index (χ1v) is 8.72. The SMILES string of the molecule is CCOC(=O)c1sc(Nc2nc(CCC(C)C)cc(=O)[nH]2)nc1C. The van der Waals surface area contributed by atoms with Crippen molar-refractivity contribution in [3.05, 3.63) is 32.7 Å². The highest BCUT2D eigenvalue weighted by atomic mass is 32.1. The van der Waals surface area contributed by atoms with Gasteiger partial charge in [0.2, 0.25) is 5.95 Å². The van der Waals surface area contributed by atoms with Gasteiger partial charge < -0.3 is 10.1 Å². The summed E-state index contributed by atoms with van der Waals surface area (Å²) in [6.07, 6.45) is 1.69. The second-order valence-corrected chi connectivity index (χ2v) is 6.80. The van der Waals surface area contributed by atoms with E-state index in [2.05, 4.69) is 34.1 Å². The molecule has 8 heteroatoms. The molecule has 2 aromatic heterocycles. The van der Waals surface area contributed by atoms with Gasteiger partial charge in [0.05, 0.1) is 12.3 Å². The number of hydrogen-bond donors (Lipinski definition) is 2. The summed E-state index contributed by atoms with van der Waals surface area (Å²) in [6, 6.07) is 1.50. The topological polar surface area (TPSA) is 97.0 Å². The Morgan fingerprint density at radius 2 is 2.17 bits per heavy atom. The van der Waals surface area contributed by atoms with E-state index in [0.29, 0.717) is 34.2 Å². The summed E-state index contributed by atoms with van der Waals surface area (Å²) >= 11 is 1.17. The Labute approximate surface area is 144 Å². The number of esters is 1. The summed E-state index contributed by atoms with van der Waals surface area (Å²) in [5.41, 5.74) is 1.10. The molecule has 7 nitrogen and oxygen atoms in total. The van der Waals surface area contributed by atoms with Crippen molar-refractivity contribution in [3.63, 3.8) is 0 Å². The first-order chi connectivity index (χ1) is 11.4. The number of anilines is 2. The maximum Gasteiger partial charge on any atom is 0.350 e. The fraction of sp³-hybridized carbons (Fsp3) is 0.500. The van der Waals surface area contributed by atoms with E-state index in [-0.39, 0.29) is 5.56 Å². The van der Waals surface area contributed by atoms with Crippen LogP contribution in [0.4, 0.5) is 11.1 Å². The van der Waals surface area contributed by atoms with Crippen LogP contribution in [0.15, 0.2) is 10.9 Å². The van der Waals surface area contributed by atoms with E-state index in [1.165, 1.54) is 17.4 Å². The fourth-order valence-electron chi connectivity index (χ4n) is 2.07. The highest BCUT2D eigenvalue weighted by Crippen LogP contribution is 2.25. The Hall–Kier alpha value is -2.22. The molecule has 0 saturated carbocycles. The fourth-order valence-corrected chi connectivity index (χ4v) is 2.93. The smallest absolute Gasteiger partial charge is 0.350 e. The van der Waals surface area contributed by atoms with Gasteiger partial charge in [-0.3, -0.25) is 9.78 Å². The summed E-state index contributed by atoms with van der Waals surface area (Å²) in [6.45, 7) is 8.06. The number of aryl methyl sites for hydroxylation is 2. The number of rotatable bonds is 7. The van der Waals surface area contributed by atoms with Crippen molar-refractivity contribution in [2.24, 2.45) is 5.92 Å². The summed E-state index contributed by atoms with van der Waals surface area (Å²) in [4.78, 5) is 35.4. The van der Waals surface area contributed by atoms with E-state index in [4.69, 9.17) is 4.74 Å². The van der Waals surface area contributed by atoms with Crippen LogP contribution in [-0.2, 0) is 11.2 Å². The molecule has 2 aromatic rings. The van der Waals surface area contributed by atoms with Gasteiger partial charge in [-0.05, 0) is 32.6 Å². The Bertz CT molecular complexity index is 767. The number of carbonyl (C=O) groups excluding carboxylic acids is 1. The van der Waals surface area contributed by atoms with Crippen molar-refractivity contribution in [1.29, 1.82) is 0 Å². The van der Waals surface area contributed by atoms with Gasteiger partial charge in [-0.25, -0.2) is 14.8 Å². The van der Waals surface area contributed by atoms with Crippen LogP contribution < -0.4 is 10.9 Å². The van der Waals surface area contributed by atoms with Crippen LogP contribution in [-0.4, -0.2) is 27.5 Å². The molecule has 130 valence electrons. The maximum atomic E-state index is 11.8. The molecule has 0 aromatic carbocycles. The summed E-state index contributed by atoms with van der Waals surface area (Å²) < 4.78 is 5.00. The molecule has 0 atom stereocenters. The molecule has 0 fully saturated rings. The van der Waals surface area contributed by atoms with E-state index < -0.39 is 5.97 Å². The van der Waals surface area contributed by atoms with E-state index in [9.17, 15) is 9.59 Å². The molecule has 0 amide bonds. The highest BCUT2D eigenvalue weighted by molar-refractivity contribution is 7.17. The summed E-state index contributed by atoms with van der Waals surface area (Å²) in [7, 11) is 0. The summed E-state index contributed by atoms with van der Waals surface area (Å²) in [5, 5.41) is 3.45. The monoisotopic (exact) mass is 350 g/mol. The zero-order valence-corrected chi connectivity index (χ0v) is 15.1. The number of aromatic amines is 1. The molecule has 0 spiro atoms. The van der Waals surface area contributed by atoms with Crippen LogP contribution in [0.2, 0.25) is 0 Å². The van der Waals surface area contributed by atoms with Crippen molar-refractivity contribution in [2.75, 3.05) is 11.9 Å². The Balaban J connectivity index is 2.17. The lowest BCUT2D eigenvalue weighted by atomic mass is 10.1. The predicted molar refractivity (Wildman–Crippen MR) is 94.1 cm³/mol. The summed E-state index contributed by atoms with van der Waals surface area (Å²) in [5.74, 6) is 0.467. The third kappa shape index (κ3) is 4.89. The average Bonchev–Trinajstić information content (AvgIpc) is 2.85. The van der Waals surface area contributed by atoms with Gasteiger partial charge in [0.1, 0.15) is 4.88 Å². The van der Waals surface area contributed by atoms with Crippen LogP contribution >= 0.6 is 11.3 Å². The van der Waals surface area contributed by atoms with E-state index in [0.717, 1.165) is 18.5 Å². The number of nitrogens with zero attached hydrogens (tertiary/aromatic N) is 2. The molecule has 0 aliphatic rings. The Morgan fingerprint density at radius 1 is 1.42 bits per heavy atom. The minimum Gasteiger partial charge on any atom is -0.462 e. The third-order valence-electron chi connectivity index (χ3n) is 3.26. The quantitative estimate of drug-likeness (QED) is 0.745. The molecule has 0 aliphatic carbocycles. The van der Waals surface area contributed by atoms with Crippen LogP contribution in [0.1, 0.15) is 48.3 Å². The molecule has 0 aliphatic heterocycles. The number of carbonyl (C=O) groups is 1. The van der Waals surface area contributed by atoms with Crippen LogP contribution in [0.5, 0.6) is 0 Å². The number of nitrogens with one attached hydrogen (secondary N) is 2. The number of thiazole rings is 1. The predicted octanol–water partition coefficient (Wildman–Crippen LogP) is 3.04. The second kappa shape index (κ2) is 8.05. The lowest BCUT2D eigenvalue weighted by Gasteiger charge is -2.06. The standard InChI is InChI=1S/C16H22N4O3S/c1-5-23-14(22)13-10(4)17-16(24-13)20-15-18-11(7-6-9(2)3)8-12(21)19-15/h8-9H,5-7H2,1-4H3,(H2,17,18,19,20,21). The largest absolute Gasteiger partial charge is 0.462 e. The van der Waals surface area contributed by atoms with Gasteiger partial charge in [0, 0.05) is 11.8 Å². The van der Waals surface area contributed by atoms with E-state index in [1.54, 1.807) is 13.8 Å². The first kappa shape index (κ1) is 18.1. The molecule has 0 bridgehead atoms. The van der Waals surface area contributed by atoms with Gasteiger partial charge in [0.25, 0.3) is 5.56 Å². The van der Waals surface area contributed by atoms with Crippen molar-refractivity contribution >= 4 is 28.4 Å². The van der Waals surface area contributed by atoms with E-state index in [1.807, 2.05) is 0 Å². The lowest BCUT2D eigenvalue weighted by Crippen LogP contribution is -2.12. The molecule has 2 N–H and O–H groups in total. The van der Waals surface area contributed by atoms with Gasteiger partial charge in [0.15, 0.2) is 5.13 Å². The van der Waals surface area contributed by atoms with Gasteiger partial charge in [-0.15, -0.1) is 0 Å². The Morgan fingerprint density at radius 3 is 2.83 bits per heavy atom. The zero-order chi connectivity index (χ0) is 17.7. The number of ether oxygens (including phenoxy) is 1. The first-order valence-electron chi connectivity index (χ1n) is 7.90. The molecular weight excluding hydrogens is 328 g/mol. The van der Waals surface area contributed by atoms with Gasteiger partial charge in [-0.1, -0.05) is 25.2 Å². The molecule has 2 rings (SSSR count).